The van der Waals surface area contributed by atoms with E-state index in [1.54, 1.807) is 0 Å². The van der Waals surface area contributed by atoms with E-state index in [4.69, 9.17) is 4.74 Å². The van der Waals surface area contributed by atoms with E-state index in [-0.39, 0.29) is 23.2 Å². The molecule has 0 spiro atoms. The van der Waals surface area contributed by atoms with Crippen molar-refractivity contribution in [2.24, 2.45) is 17.3 Å². The lowest BCUT2D eigenvalue weighted by molar-refractivity contribution is -0.0323. The number of ether oxygens (including phenoxy) is 1. The van der Waals surface area contributed by atoms with Gasteiger partial charge in [0.2, 0.25) is 10.0 Å². The lowest BCUT2D eigenvalue weighted by Gasteiger charge is -2.54. The third-order valence-electron chi connectivity index (χ3n) is 10.4. The highest BCUT2D eigenvalue weighted by atomic mass is 32.2. The smallest absolute Gasteiger partial charge is 0.328 e. The number of urea groups is 1. The van der Waals surface area contributed by atoms with Crippen molar-refractivity contribution in [3.63, 3.8) is 0 Å². The second-order valence-electron chi connectivity index (χ2n) is 13.1. The molecule has 0 aromatic heterocycles. The maximum Gasteiger partial charge on any atom is 0.328 e. The second-order valence-corrected chi connectivity index (χ2v) is 15.0. The fraction of sp³-hybridized carbons (Fsp3) is 0.618. The number of unbranched alkanes of at least 4 members (excludes halogenated alkanes) is 3. The Balaban J connectivity index is 1.16. The van der Waals surface area contributed by atoms with Gasteiger partial charge in [-0.3, -0.25) is 0 Å². The van der Waals surface area contributed by atoms with E-state index < -0.39 is 16.1 Å². The summed E-state index contributed by atoms with van der Waals surface area (Å²) < 4.78 is 32.3. The monoisotopic (exact) mass is 612 g/mol. The minimum Gasteiger partial charge on any atom is -0.508 e. The fourth-order valence-electron chi connectivity index (χ4n) is 8.17. The number of phenols is 1. The van der Waals surface area contributed by atoms with Gasteiger partial charge in [-0.05, 0) is 128 Å². The van der Waals surface area contributed by atoms with Crippen molar-refractivity contribution in [1.29, 1.82) is 0 Å². The molecular weight excluding hydrogens is 564 g/mol. The molecule has 0 aliphatic heterocycles. The second kappa shape index (κ2) is 13.5. The third kappa shape index (κ3) is 7.14. The van der Waals surface area contributed by atoms with E-state index >= 15 is 0 Å². The average molecular weight is 613 g/mol. The molecule has 236 valence electrons. The SMILES string of the molecule is CCCCNC(=O)NS(=O)(=O)CCCCCOc1ccc([C@H]2C[C@]3(C)[C@@H](O)CC[C@H]3[C@@H]3CCc4cc(O)ccc4[C@H]32)cc1. The van der Waals surface area contributed by atoms with Crippen LogP contribution in [0.3, 0.4) is 0 Å². The lowest BCUT2D eigenvalue weighted by atomic mass is 9.51. The number of carbonyl (C=O) groups is 1. The van der Waals surface area contributed by atoms with Crippen LogP contribution < -0.4 is 14.8 Å². The van der Waals surface area contributed by atoms with E-state index in [0.717, 1.165) is 50.7 Å². The first-order chi connectivity index (χ1) is 20.6. The van der Waals surface area contributed by atoms with Crippen LogP contribution in [0.1, 0.15) is 100 Å². The number of benzene rings is 2. The number of phenolic OH excluding ortho intramolecular Hbond substituents is 1. The van der Waals surface area contributed by atoms with Gasteiger partial charge in [0.05, 0.1) is 18.5 Å². The number of hydrogen-bond acceptors (Lipinski definition) is 6. The van der Waals surface area contributed by atoms with Gasteiger partial charge in [-0.25, -0.2) is 17.9 Å². The Labute approximate surface area is 256 Å². The predicted octanol–water partition coefficient (Wildman–Crippen LogP) is 5.98. The summed E-state index contributed by atoms with van der Waals surface area (Å²) >= 11 is 0. The number of fused-ring (bicyclic) bond motifs is 5. The summed E-state index contributed by atoms with van der Waals surface area (Å²) in [4.78, 5) is 11.7. The average Bonchev–Trinajstić information content (AvgIpc) is 3.28. The number of nitrogens with one attached hydrogen (secondary N) is 2. The number of sulfonamides is 1. The molecule has 3 aliphatic rings. The van der Waals surface area contributed by atoms with E-state index in [1.165, 1.54) is 16.7 Å². The van der Waals surface area contributed by atoms with Gasteiger partial charge in [0.1, 0.15) is 11.5 Å². The highest BCUT2D eigenvalue weighted by Gasteiger charge is 2.57. The van der Waals surface area contributed by atoms with Crippen LogP contribution in [0.2, 0.25) is 0 Å². The van der Waals surface area contributed by atoms with Gasteiger partial charge >= 0.3 is 6.03 Å². The Morgan fingerprint density at radius 1 is 1.05 bits per heavy atom. The van der Waals surface area contributed by atoms with Gasteiger partial charge < -0.3 is 20.3 Å². The number of hydrogen-bond donors (Lipinski definition) is 4. The van der Waals surface area contributed by atoms with Crippen molar-refractivity contribution in [3.8, 4) is 11.5 Å². The van der Waals surface area contributed by atoms with Crippen LogP contribution in [0, 0.1) is 17.3 Å². The molecule has 2 aromatic rings. The minimum atomic E-state index is -3.65. The van der Waals surface area contributed by atoms with Crippen molar-refractivity contribution in [2.45, 2.75) is 96.0 Å². The summed E-state index contributed by atoms with van der Waals surface area (Å²) in [6.45, 7) is 5.25. The molecule has 3 aliphatic carbocycles. The molecule has 9 heteroatoms. The molecule has 0 saturated heterocycles. The molecular formula is C34H48N2O6S. The quantitative estimate of drug-likeness (QED) is 0.219. The number of aliphatic hydroxyl groups is 1. The van der Waals surface area contributed by atoms with Gasteiger partial charge in [-0.15, -0.1) is 0 Å². The topological polar surface area (TPSA) is 125 Å². The highest BCUT2D eigenvalue weighted by Crippen LogP contribution is 2.65. The zero-order valence-electron chi connectivity index (χ0n) is 25.6. The number of amides is 2. The molecule has 8 nitrogen and oxygen atoms in total. The van der Waals surface area contributed by atoms with E-state index in [2.05, 4.69) is 35.2 Å². The number of rotatable bonds is 12. The largest absolute Gasteiger partial charge is 0.508 e. The zero-order valence-corrected chi connectivity index (χ0v) is 26.4. The molecule has 6 atom stereocenters. The third-order valence-corrected chi connectivity index (χ3v) is 11.7. The van der Waals surface area contributed by atoms with E-state index in [0.29, 0.717) is 55.9 Å². The van der Waals surface area contributed by atoms with Gasteiger partial charge in [0, 0.05) is 6.54 Å². The molecule has 0 bridgehead atoms. The molecule has 4 N–H and O–H groups in total. The molecule has 0 heterocycles. The fourth-order valence-corrected chi connectivity index (χ4v) is 9.21. The zero-order chi connectivity index (χ0) is 30.6. The maximum atomic E-state index is 12.1. The van der Waals surface area contributed by atoms with Crippen molar-refractivity contribution in [3.05, 3.63) is 59.2 Å². The summed E-state index contributed by atoms with van der Waals surface area (Å²) in [5.74, 6) is 2.70. The summed E-state index contributed by atoms with van der Waals surface area (Å²) in [6, 6.07) is 13.6. The summed E-state index contributed by atoms with van der Waals surface area (Å²) in [5.41, 5.74) is 3.79. The number of aliphatic hydroxyl groups excluding tert-OH is 1. The first-order valence-electron chi connectivity index (χ1n) is 16.1. The number of aryl methyl sites for hydroxylation is 1. The summed E-state index contributed by atoms with van der Waals surface area (Å²) in [5, 5.41) is 23.8. The number of carbonyl (C=O) groups excluding carboxylic acids is 1. The molecule has 5 rings (SSSR count). The maximum absolute atomic E-state index is 12.1. The number of aromatic hydroxyl groups is 1. The van der Waals surface area contributed by atoms with Crippen LogP contribution in [0.15, 0.2) is 42.5 Å². The van der Waals surface area contributed by atoms with Gasteiger partial charge in [0.25, 0.3) is 0 Å². The standard InChI is InChI=1S/C34H48N2O6S/c1-3-4-18-35-33(39)36-43(40,41)20-7-5-6-19-42-26-12-8-23(9-13-26)29-22-34(2)30(16-17-31(34)38)28-14-10-24-21-25(37)11-15-27(24)32(28)29/h8-9,11-13,15,21,28-32,37-38H,3-7,10,14,16-20,22H2,1-2H3,(H2,35,36,39)/t28-,29+,30-,31-,32+,34-/m0/s1. The Bertz CT molecular complexity index is 1360. The normalized spacial score (nSPS) is 27.9. The first-order valence-corrected chi connectivity index (χ1v) is 17.8. The molecule has 2 saturated carbocycles. The first kappa shape index (κ1) is 31.6. The van der Waals surface area contributed by atoms with Crippen LogP contribution in [0.5, 0.6) is 11.5 Å². The van der Waals surface area contributed by atoms with Crippen molar-refractivity contribution in [2.75, 3.05) is 18.9 Å². The Kier molecular flexibility index (Phi) is 9.91. The lowest BCUT2D eigenvalue weighted by Crippen LogP contribution is -2.47. The summed E-state index contributed by atoms with van der Waals surface area (Å²) in [6.07, 6.45) is 8.29. The Hall–Kier alpha value is -2.78. The molecule has 0 radical (unpaired) electrons. The molecule has 43 heavy (non-hydrogen) atoms. The summed E-state index contributed by atoms with van der Waals surface area (Å²) in [7, 11) is -3.65. The Morgan fingerprint density at radius 3 is 2.60 bits per heavy atom. The minimum absolute atomic E-state index is 0.0860. The van der Waals surface area contributed by atoms with Crippen molar-refractivity contribution in [1.82, 2.24) is 10.0 Å². The van der Waals surface area contributed by atoms with Crippen LogP contribution in [0.4, 0.5) is 4.79 Å². The molecule has 2 fully saturated rings. The molecule has 2 amide bonds. The predicted molar refractivity (Wildman–Crippen MR) is 168 cm³/mol. The molecule has 2 aromatic carbocycles. The van der Waals surface area contributed by atoms with E-state index in [9.17, 15) is 23.4 Å². The van der Waals surface area contributed by atoms with Gasteiger partial charge in [-0.2, -0.15) is 0 Å². The van der Waals surface area contributed by atoms with Crippen LogP contribution in [0.25, 0.3) is 0 Å². The van der Waals surface area contributed by atoms with Crippen LogP contribution >= 0.6 is 0 Å². The Morgan fingerprint density at radius 2 is 1.84 bits per heavy atom. The van der Waals surface area contributed by atoms with Gasteiger partial charge in [-0.1, -0.05) is 38.5 Å². The van der Waals surface area contributed by atoms with Crippen LogP contribution in [-0.4, -0.2) is 49.7 Å². The van der Waals surface area contributed by atoms with Crippen molar-refractivity contribution < 1.29 is 28.2 Å². The van der Waals surface area contributed by atoms with Gasteiger partial charge in [0.15, 0.2) is 0 Å². The molecule has 0 unspecified atom stereocenters. The van der Waals surface area contributed by atoms with Crippen LogP contribution in [-0.2, 0) is 16.4 Å². The van der Waals surface area contributed by atoms with Crippen molar-refractivity contribution >= 4 is 16.1 Å². The highest BCUT2D eigenvalue weighted by molar-refractivity contribution is 7.90. The van der Waals surface area contributed by atoms with E-state index in [1.807, 2.05) is 31.2 Å².